The Labute approximate surface area is 131 Å². The Morgan fingerprint density at radius 1 is 1.23 bits per heavy atom. The first-order valence-electron chi connectivity index (χ1n) is 9.08. The van der Waals surface area contributed by atoms with Gasteiger partial charge < -0.3 is 0 Å². The maximum Gasteiger partial charge on any atom is 0.141 e. The predicted molar refractivity (Wildman–Crippen MR) is 85.8 cm³/mol. The highest BCUT2D eigenvalue weighted by Crippen LogP contribution is 2.72. The maximum absolute atomic E-state index is 13.0. The number of carbonyl (C=O) groups is 1. The van der Waals surface area contributed by atoms with Crippen LogP contribution in [0.15, 0.2) is 29.3 Å². The molecule has 1 saturated carbocycles. The zero-order chi connectivity index (χ0) is 14.6. The first kappa shape index (κ1) is 12.1. The van der Waals surface area contributed by atoms with Crippen molar-refractivity contribution in [2.45, 2.75) is 57.3 Å². The number of Topliss-reactive ketones (excluding diaryl/α,β-unsaturated/α-hetero) is 1. The number of fused-ring (bicyclic) bond motifs is 3. The summed E-state index contributed by atoms with van der Waals surface area (Å²) in [5.41, 5.74) is 8.17. The Morgan fingerprint density at radius 3 is 3.05 bits per heavy atom. The highest BCUT2D eigenvalue weighted by molar-refractivity contribution is 5.90. The number of carbonyl (C=O) groups excluding carboxylic acids is 1. The molecular weight excluding hydrogens is 268 g/mol. The van der Waals surface area contributed by atoms with Gasteiger partial charge in [0.2, 0.25) is 0 Å². The maximum atomic E-state index is 13.0. The molecule has 5 aliphatic carbocycles. The Morgan fingerprint density at radius 2 is 2.14 bits per heavy atom. The molecule has 0 heterocycles. The monoisotopic (exact) mass is 290 g/mol. The van der Waals surface area contributed by atoms with E-state index in [2.05, 4.69) is 25.1 Å². The summed E-state index contributed by atoms with van der Waals surface area (Å²) in [6.45, 7) is 2.44. The molecule has 5 unspecified atom stereocenters. The average molecular weight is 290 g/mol. The molecule has 5 aliphatic rings. The van der Waals surface area contributed by atoms with Gasteiger partial charge in [0.15, 0.2) is 0 Å². The van der Waals surface area contributed by atoms with Crippen LogP contribution >= 0.6 is 0 Å². The summed E-state index contributed by atoms with van der Waals surface area (Å²) < 4.78 is 0. The standard InChI is InChI=1S/C21H22O/c1-11-8-16-19-14-6-7-21(16,10-14)20-15-9-13(18(11)19)3-2-12(15)4-5-17(20)22/h2-3,9,11,14,18,20H,4-8,10H2,1H3. The lowest BCUT2D eigenvalue weighted by Gasteiger charge is -2.41. The second-order valence-electron chi connectivity index (χ2n) is 8.55. The van der Waals surface area contributed by atoms with E-state index in [1.54, 1.807) is 11.1 Å². The van der Waals surface area contributed by atoms with Gasteiger partial charge in [0.05, 0.1) is 5.92 Å². The summed E-state index contributed by atoms with van der Waals surface area (Å²) >= 11 is 0. The summed E-state index contributed by atoms with van der Waals surface area (Å²) in [5.74, 6) is 2.92. The summed E-state index contributed by atoms with van der Waals surface area (Å²) in [6.07, 6.45) is 6.90. The highest BCUT2D eigenvalue weighted by atomic mass is 16.1. The van der Waals surface area contributed by atoms with Crippen molar-refractivity contribution in [3.63, 3.8) is 0 Å². The van der Waals surface area contributed by atoms with Crippen molar-refractivity contribution in [2.75, 3.05) is 0 Å². The van der Waals surface area contributed by atoms with Gasteiger partial charge >= 0.3 is 0 Å². The highest BCUT2D eigenvalue weighted by Gasteiger charge is 2.61. The fraction of sp³-hybridized carbons (Fsp3) is 0.571. The molecule has 22 heavy (non-hydrogen) atoms. The molecule has 1 nitrogen and oxygen atoms in total. The first-order chi connectivity index (χ1) is 10.7. The molecule has 1 heteroatoms. The van der Waals surface area contributed by atoms with E-state index in [9.17, 15) is 4.79 Å². The molecule has 0 amide bonds. The number of rotatable bonds is 0. The van der Waals surface area contributed by atoms with E-state index in [-0.39, 0.29) is 11.3 Å². The van der Waals surface area contributed by atoms with Crippen LogP contribution < -0.4 is 0 Å². The zero-order valence-corrected chi connectivity index (χ0v) is 13.2. The Balaban J connectivity index is 1.73. The van der Waals surface area contributed by atoms with E-state index < -0.39 is 0 Å². The topological polar surface area (TPSA) is 17.1 Å². The van der Waals surface area contributed by atoms with Crippen molar-refractivity contribution in [1.82, 2.24) is 0 Å². The van der Waals surface area contributed by atoms with Gasteiger partial charge in [-0.05, 0) is 60.6 Å². The molecule has 0 radical (unpaired) electrons. The fourth-order valence-electron chi connectivity index (χ4n) is 7.09. The largest absolute Gasteiger partial charge is 0.299 e. The third-order valence-corrected chi connectivity index (χ3v) is 7.72. The third kappa shape index (κ3) is 1.13. The molecule has 7 bridgehead atoms. The van der Waals surface area contributed by atoms with Crippen molar-refractivity contribution < 1.29 is 4.79 Å². The lowest BCUT2D eigenvalue weighted by molar-refractivity contribution is -0.123. The van der Waals surface area contributed by atoms with Gasteiger partial charge in [0.25, 0.3) is 0 Å². The van der Waals surface area contributed by atoms with Crippen LogP contribution in [-0.4, -0.2) is 5.78 Å². The van der Waals surface area contributed by atoms with Crippen molar-refractivity contribution in [3.8, 4) is 0 Å². The molecular formula is C21H22O. The lowest BCUT2D eigenvalue weighted by atomic mass is 9.61. The van der Waals surface area contributed by atoms with Crippen molar-refractivity contribution in [2.24, 2.45) is 17.3 Å². The minimum Gasteiger partial charge on any atom is -0.299 e. The van der Waals surface area contributed by atoms with Crippen LogP contribution in [0, 0.1) is 17.3 Å². The minimum atomic E-state index is 0.194. The van der Waals surface area contributed by atoms with E-state index >= 15 is 0 Å². The molecule has 0 aliphatic heterocycles. The normalized spacial score (nSPS) is 43.6. The smallest absolute Gasteiger partial charge is 0.141 e. The van der Waals surface area contributed by atoms with E-state index in [4.69, 9.17) is 0 Å². The van der Waals surface area contributed by atoms with Gasteiger partial charge in [-0.15, -0.1) is 0 Å². The van der Waals surface area contributed by atoms with Gasteiger partial charge in [-0.2, -0.15) is 0 Å². The van der Waals surface area contributed by atoms with Crippen LogP contribution in [0.5, 0.6) is 0 Å². The number of ketones is 1. The summed E-state index contributed by atoms with van der Waals surface area (Å²) in [5, 5.41) is 0. The van der Waals surface area contributed by atoms with Gasteiger partial charge in [0.1, 0.15) is 5.78 Å². The second kappa shape index (κ2) is 3.58. The van der Waals surface area contributed by atoms with E-state index in [0.29, 0.717) is 11.7 Å². The van der Waals surface area contributed by atoms with Crippen LogP contribution in [0.2, 0.25) is 0 Å². The van der Waals surface area contributed by atoms with Crippen molar-refractivity contribution >= 4 is 5.78 Å². The summed E-state index contributed by atoms with van der Waals surface area (Å²) in [4.78, 5) is 13.0. The van der Waals surface area contributed by atoms with Crippen LogP contribution in [0.1, 0.15) is 67.6 Å². The average Bonchev–Trinajstić information content (AvgIpc) is 3.16. The molecule has 1 aromatic rings. The quantitative estimate of drug-likeness (QED) is 0.642. The molecule has 1 spiro atoms. The Kier molecular flexibility index (Phi) is 1.97. The SMILES string of the molecule is CC1CC2=C3C4CCC2(C4)C2C(=O)CCc4ccc(cc42)C31. The number of aryl methyl sites for hydroxylation is 1. The van der Waals surface area contributed by atoms with Gasteiger partial charge in [-0.25, -0.2) is 0 Å². The molecule has 0 aromatic heterocycles. The molecule has 1 aromatic carbocycles. The Bertz CT molecular complexity index is 770. The van der Waals surface area contributed by atoms with Gasteiger partial charge in [-0.3, -0.25) is 4.79 Å². The van der Waals surface area contributed by atoms with Crippen molar-refractivity contribution in [3.05, 3.63) is 46.0 Å². The lowest BCUT2D eigenvalue weighted by Crippen LogP contribution is -2.36. The first-order valence-corrected chi connectivity index (χ1v) is 9.08. The Hall–Kier alpha value is -1.37. The van der Waals surface area contributed by atoms with E-state index in [0.717, 1.165) is 24.7 Å². The van der Waals surface area contributed by atoms with Crippen LogP contribution in [0.3, 0.4) is 0 Å². The number of hydrogen-bond donors (Lipinski definition) is 0. The molecule has 0 saturated heterocycles. The van der Waals surface area contributed by atoms with Gasteiger partial charge in [0, 0.05) is 17.8 Å². The van der Waals surface area contributed by atoms with E-state index in [1.165, 1.54) is 42.4 Å². The molecule has 1 fully saturated rings. The van der Waals surface area contributed by atoms with Crippen LogP contribution in [0.4, 0.5) is 0 Å². The van der Waals surface area contributed by atoms with Gasteiger partial charge in [-0.1, -0.05) is 36.3 Å². The minimum absolute atomic E-state index is 0.194. The molecule has 112 valence electrons. The summed E-state index contributed by atoms with van der Waals surface area (Å²) in [6, 6.07) is 7.18. The number of hydrogen-bond acceptors (Lipinski definition) is 1. The fourth-order valence-corrected chi connectivity index (χ4v) is 7.09. The summed E-state index contributed by atoms with van der Waals surface area (Å²) in [7, 11) is 0. The second-order valence-corrected chi connectivity index (χ2v) is 8.55. The zero-order valence-electron chi connectivity index (χ0n) is 13.2. The number of allylic oxidation sites excluding steroid dienone is 2. The third-order valence-electron chi connectivity index (χ3n) is 7.72. The van der Waals surface area contributed by atoms with Crippen LogP contribution in [0.25, 0.3) is 0 Å². The van der Waals surface area contributed by atoms with Crippen LogP contribution in [-0.2, 0) is 11.2 Å². The number of benzene rings is 1. The molecule has 6 rings (SSSR count). The molecule has 0 N–H and O–H groups in total. The molecule has 5 atom stereocenters. The predicted octanol–water partition coefficient (Wildman–Crippen LogP) is 4.52. The van der Waals surface area contributed by atoms with E-state index in [1.807, 2.05) is 0 Å². The van der Waals surface area contributed by atoms with Crippen molar-refractivity contribution in [1.29, 1.82) is 0 Å².